The van der Waals surface area contributed by atoms with Crippen LogP contribution in [0.5, 0.6) is 0 Å². The van der Waals surface area contributed by atoms with Crippen LogP contribution in [-0.2, 0) is 9.59 Å². The normalized spacial score (nSPS) is 14.5. The van der Waals surface area contributed by atoms with Gasteiger partial charge in [-0.1, -0.05) is 30.3 Å². The van der Waals surface area contributed by atoms with E-state index < -0.39 is 30.4 Å². The summed E-state index contributed by atoms with van der Waals surface area (Å²) in [6, 6.07) is 18.2. The summed E-state index contributed by atoms with van der Waals surface area (Å²) in [5, 5.41) is 14.1. The van der Waals surface area contributed by atoms with E-state index in [1.165, 1.54) is 23.5 Å². The standard InChI is InChI=1S/C23H17N3O5S/c27-20(24-16-4-2-1-3-5-16)13-26-21(28)18(25-23(26)31)12-17-10-11-19(32-17)14-6-8-15(9-7-14)22(29)30/h1-12H,13H2,(H,24,27)(H,25,31)(H,29,30)/b18-12-. The van der Waals surface area contributed by atoms with Gasteiger partial charge in [0.25, 0.3) is 5.91 Å². The third kappa shape index (κ3) is 4.57. The molecule has 9 heteroatoms. The molecule has 3 aromatic rings. The molecule has 3 N–H and O–H groups in total. The van der Waals surface area contributed by atoms with E-state index in [9.17, 15) is 19.2 Å². The summed E-state index contributed by atoms with van der Waals surface area (Å²) in [5.41, 5.74) is 1.69. The van der Waals surface area contributed by atoms with Gasteiger partial charge in [-0.25, -0.2) is 14.5 Å². The number of thiophene rings is 1. The first-order valence-electron chi connectivity index (χ1n) is 9.54. The number of carboxylic acids is 1. The SMILES string of the molecule is O=C(CN1C(=O)N/C(=C\c2ccc(-c3ccc(C(=O)O)cc3)s2)C1=O)Nc1ccccc1. The number of urea groups is 1. The Kier molecular flexibility index (Phi) is 5.82. The number of carbonyl (C=O) groups is 4. The van der Waals surface area contributed by atoms with Crippen LogP contribution in [0.1, 0.15) is 15.2 Å². The van der Waals surface area contributed by atoms with E-state index in [4.69, 9.17) is 5.11 Å². The maximum absolute atomic E-state index is 12.6. The first-order valence-corrected chi connectivity index (χ1v) is 10.4. The van der Waals surface area contributed by atoms with Crippen LogP contribution in [0.4, 0.5) is 10.5 Å². The minimum atomic E-state index is -0.995. The van der Waals surface area contributed by atoms with Crippen molar-refractivity contribution in [2.24, 2.45) is 0 Å². The summed E-state index contributed by atoms with van der Waals surface area (Å²) in [6.07, 6.45) is 1.55. The lowest BCUT2D eigenvalue weighted by atomic mass is 10.1. The van der Waals surface area contributed by atoms with Crippen LogP contribution >= 0.6 is 11.3 Å². The third-order valence-electron chi connectivity index (χ3n) is 4.65. The molecule has 1 fully saturated rings. The summed E-state index contributed by atoms with van der Waals surface area (Å²) in [6.45, 7) is -0.400. The molecule has 32 heavy (non-hydrogen) atoms. The van der Waals surface area contributed by atoms with Gasteiger partial charge in [-0.3, -0.25) is 9.59 Å². The van der Waals surface area contributed by atoms with E-state index >= 15 is 0 Å². The highest BCUT2D eigenvalue weighted by molar-refractivity contribution is 7.16. The second-order valence-corrected chi connectivity index (χ2v) is 7.99. The largest absolute Gasteiger partial charge is 0.478 e. The van der Waals surface area contributed by atoms with Crippen LogP contribution < -0.4 is 10.6 Å². The lowest BCUT2D eigenvalue weighted by Gasteiger charge is -2.11. The first-order chi connectivity index (χ1) is 15.4. The van der Waals surface area contributed by atoms with Crippen LogP contribution in [0, 0.1) is 0 Å². The number of hydrogen-bond donors (Lipinski definition) is 3. The van der Waals surface area contributed by atoms with Crippen molar-refractivity contribution in [3.05, 3.63) is 82.9 Å². The smallest absolute Gasteiger partial charge is 0.335 e. The highest BCUT2D eigenvalue weighted by Gasteiger charge is 2.35. The summed E-state index contributed by atoms with van der Waals surface area (Å²) in [5.74, 6) is -2.06. The van der Waals surface area contributed by atoms with E-state index in [0.29, 0.717) is 5.69 Å². The molecule has 2 heterocycles. The number of carbonyl (C=O) groups excluding carboxylic acids is 3. The number of carboxylic acid groups (broad SMARTS) is 1. The maximum atomic E-state index is 12.6. The predicted octanol–water partition coefficient (Wildman–Crippen LogP) is 3.64. The van der Waals surface area contributed by atoms with Crippen molar-refractivity contribution < 1.29 is 24.3 Å². The number of aromatic carboxylic acids is 1. The summed E-state index contributed by atoms with van der Waals surface area (Å²) < 4.78 is 0. The third-order valence-corrected chi connectivity index (χ3v) is 5.73. The number of nitrogens with zero attached hydrogens (tertiary/aromatic N) is 1. The minimum absolute atomic E-state index is 0.0807. The van der Waals surface area contributed by atoms with Crippen molar-refractivity contribution in [3.63, 3.8) is 0 Å². The van der Waals surface area contributed by atoms with Crippen molar-refractivity contribution in [2.45, 2.75) is 0 Å². The molecule has 160 valence electrons. The molecule has 0 aliphatic carbocycles. The van der Waals surface area contributed by atoms with Crippen LogP contribution in [0.2, 0.25) is 0 Å². The molecule has 1 aromatic heterocycles. The Labute approximate surface area is 186 Å². The zero-order chi connectivity index (χ0) is 22.7. The number of hydrogen-bond acceptors (Lipinski definition) is 5. The van der Waals surface area contributed by atoms with Gasteiger partial charge in [-0.05, 0) is 48.0 Å². The van der Waals surface area contributed by atoms with Gasteiger partial charge in [-0.2, -0.15) is 0 Å². The van der Waals surface area contributed by atoms with Gasteiger partial charge in [0.1, 0.15) is 12.2 Å². The monoisotopic (exact) mass is 447 g/mol. The average Bonchev–Trinajstić information content (AvgIpc) is 3.35. The molecule has 8 nitrogen and oxygen atoms in total. The van der Waals surface area contributed by atoms with Gasteiger partial charge in [0, 0.05) is 15.4 Å². The first kappa shape index (κ1) is 21.0. The molecule has 0 bridgehead atoms. The Morgan fingerprint density at radius 3 is 2.41 bits per heavy atom. The van der Waals surface area contributed by atoms with Crippen LogP contribution in [0.25, 0.3) is 16.5 Å². The van der Waals surface area contributed by atoms with Crippen molar-refractivity contribution in [1.29, 1.82) is 0 Å². The summed E-state index contributed by atoms with van der Waals surface area (Å²) >= 11 is 1.38. The highest BCUT2D eigenvalue weighted by atomic mass is 32.1. The van der Waals surface area contributed by atoms with Gasteiger partial charge >= 0.3 is 12.0 Å². The van der Waals surface area contributed by atoms with Crippen molar-refractivity contribution in [3.8, 4) is 10.4 Å². The number of benzene rings is 2. The Morgan fingerprint density at radius 2 is 1.72 bits per heavy atom. The quantitative estimate of drug-likeness (QED) is 0.394. The summed E-state index contributed by atoms with van der Waals surface area (Å²) in [4.78, 5) is 50.5. The lowest BCUT2D eigenvalue weighted by molar-refractivity contribution is -0.127. The fraction of sp³-hybridized carbons (Fsp3) is 0.0435. The fourth-order valence-electron chi connectivity index (χ4n) is 3.09. The van der Waals surface area contributed by atoms with Crippen LogP contribution in [0.15, 0.2) is 72.4 Å². The molecule has 1 aliphatic rings. The Hall–Kier alpha value is -4.24. The maximum Gasteiger partial charge on any atom is 0.335 e. The van der Waals surface area contributed by atoms with Crippen LogP contribution in [-0.4, -0.2) is 40.4 Å². The van der Waals surface area contributed by atoms with E-state index in [0.717, 1.165) is 20.2 Å². The van der Waals surface area contributed by atoms with Gasteiger partial charge in [0.2, 0.25) is 5.91 Å². The molecule has 0 radical (unpaired) electrons. The number of amides is 4. The number of rotatable bonds is 6. The van der Waals surface area contributed by atoms with Gasteiger partial charge < -0.3 is 15.7 Å². The van der Waals surface area contributed by atoms with Crippen molar-refractivity contribution in [2.75, 3.05) is 11.9 Å². The van der Waals surface area contributed by atoms with Gasteiger partial charge in [0.15, 0.2) is 0 Å². The van der Waals surface area contributed by atoms with E-state index in [1.54, 1.807) is 48.5 Å². The zero-order valence-electron chi connectivity index (χ0n) is 16.6. The average molecular weight is 447 g/mol. The molecule has 2 aromatic carbocycles. The molecule has 0 saturated carbocycles. The molecule has 0 unspecified atom stereocenters. The van der Waals surface area contributed by atoms with E-state index in [1.807, 2.05) is 12.1 Å². The van der Waals surface area contributed by atoms with Gasteiger partial charge in [0.05, 0.1) is 5.56 Å². The number of para-hydroxylation sites is 1. The Balaban J connectivity index is 1.45. The molecule has 1 aliphatic heterocycles. The zero-order valence-corrected chi connectivity index (χ0v) is 17.4. The molecule has 1 saturated heterocycles. The Bertz CT molecular complexity index is 1230. The number of imide groups is 1. The predicted molar refractivity (Wildman–Crippen MR) is 120 cm³/mol. The second-order valence-electron chi connectivity index (χ2n) is 6.88. The molecule has 4 rings (SSSR count). The van der Waals surface area contributed by atoms with Crippen molar-refractivity contribution in [1.82, 2.24) is 10.2 Å². The second kappa shape index (κ2) is 8.86. The van der Waals surface area contributed by atoms with E-state index in [-0.39, 0.29) is 11.3 Å². The molecular formula is C23H17N3O5S. The highest BCUT2D eigenvalue weighted by Crippen LogP contribution is 2.30. The molecule has 4 amide bonds. The lowest BCUT2D eigenvalue weighted by Crippen LogP contribution is -2.38. The van der Waals surface area contributed by atoms with E-state index in [2.05, 4.69) is 10.6 Å². The molecule has 0 atom stereocenters. The number of nitrogens with one attached hydrogen (secondary N) is 2. The van der Waals surface area contributed by atoms with Crippen LogP contribution in [0.3, 0.4) is 0 Å². The topological polar surface area (TPSA) is 116 Å². The van der Waals surface area contributed by atoms with Crippen molar-refractivity contribution >= 4 is 46.9 Å². The number of anilines is 1. The van der Waals surface area contributed by atoms with Gasteiger partial charge in [-0.15, -0.1) is 11.3 Å². The molecule has 0 spiro atoms. The Morgan fingerprint density at radius 1 is 1.00 bits per heavy atom. The molecular weight excluding hydrogens is 430 g/mol. The fourth-order valence-corrected chi connectivity index (χ4v) is 4.04. The summed E-state index contributed by atoms with van der Waals surface area (Å²) in [7, 11) is 0. The minimum Gasteiger partial charge on any atom is -0.478 e.